The van der Waals surface area contributed by atoms with Crippen LogP contribution < -0.4 is 0 Å². The molecule has 0 atom stereocenters. The van der Waals surface area contributed by atoms with E-state index in [4.69, 9.17) is 0 Å². The number of ketones is 1. The summed E-state index contributed by atoms with van der Waals surface area (Å²) in [6, 6.07) is 4.50. The number of rotatable bonds is 3. The molecule has 0 bridgehead atoms. The Bertz CT molecular complexity index is 511. The first kappa shape index (κ1) is 11.3. The normalized spacial score (nSPS) is 10.4. The van der Waals surface area contributed by atoms with E-state index in [1.807, 2.05) is 5.38 Å². The average Bonchev–Trinajstić information content (AvgIpc) is 2.73. The van der Waals surface area contributed by atoms with Gasteiger partial charge in [-0.2, -0.15) is 0 Å². The minimum atomic E-state index is -0.382. The molecule has 82 valence electrons. The van der Waals surface area contributed by atoms with Crippen molar-refractivity contribution in [3.8, 4) is 0 Å². The fourth-order valence-electron chi connectivity index (χ4n) is 1.16. The summed E-state index contributed by atoms with van der Waals surface area (Å²) in [6.45, 7) is 1.42. The van der Waals surface area contributed by atoms with Gasteiger partial charge < -0.3 is 0 Å². The van der Waals surface area contributed by atoms with E-state index in [0.29, 0.717) is 10.5 Å². The highest BCUT2D eigenvalue weighted by Gasteiger charge is 2.08. The number of carbonyl (C=O) groups is 1. The van der Waals surface area contributed by atoms with E-state index in [1.165, 1.54) is 36.1 Å². The van der Waals surface area contributed by atoms with Gasteiger partial charge >= 0.3 is 0 Å². The van der Waals surface area contributed by atoms with Crippen molar-refractivity contribution in [1.82, 2.24) is 4.98 Å². The molecule has 0 fully saturated rings. The Morgan fingerprint density at radius 3 is 2.88 bits per heavy atom. The molecule has 0 N–H and O–H groups in total. The van der Waals surface area contributed by atoms with Crippen molar-refractivity contribution in [3.63, 3.8) is 0 Å². The summed E-state index contributed by atoms with van der Waals surface area (Å²) in [5, 5.41) is 1.84. The predicted octanol–water partition coefficient (Wildman–Crippen LogP) is 3.64. The van der Waals surface area contributed by atoms with E-state index in [1.54, 1.807) is 18.3 Å². The van der Waals surface area contributed by atoms with Crippen LogP contribution in [0.4, 0.5) is 4.39 Å². The number of benzene rings is 1. The van der Waals surface area contributed by atoms with Crippen LogP contribution in [-0.2, 0) is 0 Å². The highest BCUT2D eigenvalue weighted by Crippen LogP contribution is 2.31. The van der Waals surface area contributed by atoms with Gasteiger partial charge in [0.2, 0.25) is 0 Å². The van der Waals surface area contributed by atoms with E-state index in [0.717, 1.165) is 4.34 Å². The van der Waals surface area contributed by atoms with Gasteiger partial charge in [-0.3, -0.25) is 4.79 Å². The lowest BCUT2D eigenvalue weighted by Gasteiger charge is -2.01. The average molecular weight is 253 g/mol. The van der Waals surface area contributed by atoms with Crippen LogP contribution in [0, 0.1) is 5.82 Å². The molecule has 0 spiro atoms. The van der Waals surface area contributed by atoms with Crippen molar-refractivity contribution in [2.24, 2.45) is 0 Å². The maximum absolute atomic E-state index is 13.6. The Balaban J connectivity index is 2.26. The zero-order valence-electron chi connectivity index (χ0n) is 8.44. The zero-order valence-corrected chi connectivity index (χ0v) is 10.1. The first-order valence-corrected chi connectivity index (χ1v) is 6.24. The van der Waals surface area contributed by atoms with Gasteiger partial charge in [0, 0.05) is 17.1 Å². The Hall–Kier alpha value is -1.20. The van der Waals surface area contributed by atoms with Crippen molar-refractivity contribution in [2.75, 3.05) is 0 Å². The second-order valence-electron chi connectivity index (χ2n) is 3.10. The molecular formula is C11H8FNOS2. The molecular weight excluding hydrogens is 245 g/mol. The Labute approximate surface area is 101 Å². The largest absolute Gasteiger partial charge is 0.295 e. The molecule has 2 rings (SSSR count). The second kappa shape index (κ2) is 4.76. The van der Waals surface area contributed by atoms with Crippen LogP contribution in [0.25, 0.3) is 0 Å². The summed E-state index contributed by atoms with van der Waals surface area (Å²) in [7, 11) is 0. The number of thiazole rings is 1. The topological polar surface area (TPSA) is 30.0 Å². The number of hydrogen-bond donors (Lipinski definition) is 0. The van der Waals surface area contributed by atoms with Gasteiger partial charge in [-0.15, -0.1) is 11.3 Å². The molecule has 0 saturated heterocycles. The minimum absolute atomic E-state index is 0.135. The number of carbonyl (C=O) groups excluding carboxylic acids is 1. The summed E-state index contributed by atoms with van der Waals surface area (Å²) in [5.41, 5.74) is 0.390. The molecule has 0 saturated carbocycles. The van der Waals surface area contributed by atoms with Gasteiger partial charge in [-0.1, -0.05) is 17.8 Å². The SMILES string of the molecule is CC(=O)c1ccc(Sc2nccs2)c(F)c1. The van der Waals surface area contributed by atoms with Gasteiger partial charge in [-0.05, 0) is 19.1 Å². The Morgan fingerprint density at radius 2 is 2.31 bits per heavy atom. The molecule has 0 amide bonds. The molecule has 0 aliphatic heterocycles. The molecule has 5 heteroatoms. The number of nitrogens with zero attached hydrogens (tertiary/aromatic N) is 1. The third-order valence-electron chi connectivity index (χ3n) is 1.95. The Morgan fingerprint density at radius 1 is 1.50 bits per heavy atom. The van der Waals surface area contributed by atoms with Crippen molar-refractivity contribution in [2.45, 2.75) is 16.2 Å². The van der Waals surface area contributed by atoms with Gasteiger partial charge in [0.05, 0.1) is 4.90 Å². The smallest absolute Gasteiger partial charge is 0.159 e. The van der Waals surface area contributed by atoms with Crippen molar-refractivity contribution in [1.29, 1.82) is 0 Å². The van der Waals surface area contributed by atoms with Crippen LogP contribution in [0.15, 0.2) is 39.0 Å². The number of halogens is 1. The number of Topliss-reactive ketones (excluding diaryl/α,β-unsaturated/α-hetero) is 1. The molecule has 1 aromatic carbocycles. The first-order chi connectivity index (χ1) is 7.66. The first-order valence-electron chi connectivity index (χ1n) is 4.54. The fourth-order valence-corrected chi connectivity index (χ4v) is 2.74. The van der Waals surface area contributed by atoms with Crippen LogP contribution in [0.3, 0.4) is 0 Å². The lowest BCUT2D eigenvalue weighted by molar-refractivity contribution is 0.101. The highest BCUT2D eigenvalue weighted by molar-refractivity contribution is 8.01. The van der Waals surface area contributed by atoms with Gasteiger partial charge in [-0.25, -0.2) is 9.37 Å². The van der Waals surface area contributed by atoms with E-state index >= 15 is 0 Å². The maximum atomic E-state index is 13.6. The van der Waals surface area contributed by atoms with Crippen LogP contribution in [0.5, 0.6) is 0 Å². The number of hydrogen-bond acceptors (Lipinski definition) is 4. The lowest BCUT2D eigenvalue weighted by Crippen LogP contribution is -1.93. The third-order valence-corrected chi connectivity index (χ3v) is 3.88. The zero-order chi connectivity index (χ0) is 11.5. The van der Waals surface area contributed by atoms with E-state index < -0.39 is 0 Å². The molecule has 0 aliphatic carbocycles. The summed E-state index contributed by atoms with van der Waals surface area (Å²) in [4.78, 5) is 15.6. The minimum Gasteiger partial charge on any atom is -0.295 e. The van der Waals surface area contributed by atoms with Crippen molar-refractivity contribution >= 4 is 28.9 Å². The van der Waals surface area contributed by atoms with Gasteiger partial charge in [0.1, 0.15) is 5.82 Å². The van der Waals surface area contributed by atoms with Crippen LogP contribution in [0.1, 0.15) is 17.3 Å². The molecule has 2 nitrogen and oxygen atoms in total. The lowest BCUT2D eigenvalue weighted by atomic mass is 10.1. The summed E-state index contributed by atoms with van der Waals surface area (Å²) in [5.74, 6) is -0.516. The molecule has 2 aromatic rings. The maximum Gasteiger partial charge on any atom is 0.159 e. The number of aromatic nitrogens is 1. The van der Waals surface area contributed by atoms with E-state index in [9.17, 15) is 9.18 Å². The molecule has 0 radical (unpaired) electrons. The molecule has 0 unspecified atom stereocenters. The third kappa shape index (κ3) is 2.48. The van der Waals surface area contributed by atoms with Crippen molar-refractivity contribution < 1.29 is 9.18 Å². The summed E-state index contributed by atoms with van der Waals surface area (Å²) >= 11 is 2.72. The summed E-state index contributed by atoms with van der Waals surface area (Å²) < 4.78 is 14.4. The van der Waals surface area contributed by atoms with Crippen LogP contribution in [0.2, 0.25) is 0 Å². The van der Waals surface area contributed by atoms with E-state index in [-0.39, 0.29) is 11.6 Å². The fraction of sp³-hybridized carbons (Fsp3) is 0.0909. The molecule has 16 heavy (non-hydrogen) atoms. The Kier molecular flexibility index (Phi) is 3.36. The monoisotopic (exact) mass is 253 g/mol. The molecule has 0 aliphatic rings. The van der Waals surface area contributed by atoms with Gasteiger partial charge in [0.15, 0.2) is 10.1 Å². The quantitative estimate of drug-likeness (QED) is 0.782. The van der Waals surface area contributed by atoms with Crippen LogP contribution >= 0.6 is 23.1 Å². The van der Waals surface area contributed by atoms with E-state index in [2.05, 4.69) is 4.98 Å². The molecule has 1 heterocycles. The molecule has 1 aromatic heterocycles. The van der Waals surface area contributed by atoms with Crippen molar-refractivity contribution in [3.05, 3.63) is 41.2 Å². The second-order valence-corrected chi connectivity index (χ2v) is 5.29. The highest BCUT2D eigenvalue weighted by atomic mass is 32.2. The summed E-state index contributed by atoms with van der Waals surface area (Å²) in [6.07, 6.45) is 1.68. The van der Waals surface area contributed by atoms with Crippen LogP contribution in [-0.4, -0.2) is 10.8 Å². The van der Waals surface area contributed by atoms with Gasteiger partial charge in [0.25, 0.3) is 0 Å². The predicted molar refractivity (Wildman–Crippen MR) is 62.6 cm³/mol. The standard InChI is InChI=1S/C11H8FNOS2/c1-7(14)8-2-3-10(9(12)6-8)16-11-13-4-5-15-11/h2-6H,1H3.